The molecule has 0 radical (unpaired) electrons. The van der Waals surface area contributed by atoms with Gasteiger partial charge in [0.15, 0.2) is 6.61 Å². The van der Waals surface area contributed by atoms with E-state index < -0.39 is 41.4 Å². The van der Waals surface area contributed by atoms with Crippen molar-refractivity contribution in [3.05, 3.63) is 70.9 Å². The minimum atomic E-state index is -0.984. The predicted molar refractivity (Wildman–Crippen MR) is 174 cm³/mol. The smallest absolute Gasteiger partial charge is 0.303 e. The van der Waals surface area contributed by atoms with Crippen LogP contribution < -0.4 is 15.4 Å². The molecule has 0 bridgehead atoms. The van der Waals surface area contributed by atoms with Crippen molar-refractivity contribution in [3.63, 3.8) is 0 Å². The number of carboxylic acids is 1. The second-order valence-electron chi connectivity index (χ2n) is 12.7. The summed E-state index contributed by atoms with van der Waals surface area (Å²) in [6.07, 6.45) is -0.391. The molecule has 12 heteroatoms. The lowest BCUT2D eigenvalue weighted by Crippen LogP contribution is -2.58. The van der Waals surface area contributed by atoms with Gasteiger partial charge < -0.3 is 30.5 Å². The van der Waals surface area contributed by atoms with Crippen molar-refractivity contribution in [2.24, 2.45) is 5.41 Å². The van der Waals surface area contributed by atoms with Crippen LogP contribution in [0, 0.1) is 12.3 Å². The number of thiazole rings is 1. The first-order chi connectivity index (χ1) is 21.7. The van der Waals surface area contributed by atoms with Crippen LogP contribution in [0.25, 0.3) is 10.4 Å². The van der Waals surface area contributed by atoms with Gasteiger partial charge in [-0.1, -0.05) is 57.2 Å². The molecule has 1 saturated heterocycles. The zero-order valence-corrected chi connectivity index (χ0v) is 27.6. The number of rotatable bonds is 12. The molecule has 246 valence electrons. The summed E-state index contributed by atoms with van der Waals surface area (Å²) >= 11 is 1.57. The first-order valence-corrected chi connectivity index (χ1v) is 16.1. The highest BCUT2D eigenvalue weighted by Crippen LogP contribution is 2.29. The maximum Gasteiger partial charge on any atom is 0.303 e. The van der Waals surface area contributed by atoms with Crippen LogP contribution in [0.4, 0.5) is 0 Å². The molecule has 0 aliphatic carbocycles. The Balaban J connectivity index is 1.37. The van der Waals surface area contributed by atoms with E-state index in [2.05, 4.69) is 15.6 Å². The number of carboxylic acid groups (broad SMARTS) is 1. The molecule has 4 atom stereocenters. The molecule has 1 fully saturated rings. The van der Waals surface area contributed by atoms with Crippen molar-refractivity contribution >= 4 is 35.0 Å². The molecule has 2 heterocycles. The van der Waals surface area contributed by atoms with Gasteiger partial charge in [0, 0.05) is 19.4 Å². The van der Waals surface area contributed by atoms with Crippen LogP contribution in [0.15, 0.2) is 54.0 Å². The average Bonchev–Trinajstić information content (AvgIpc) is 3.62. The van der Waals surface area contributed by atoms with Gasteiger partial charge in [0.2, 0.25) is 11.8 Å². The number of hydrogen-bond acceptors (Lipinski definition) is 8. The van der Waals surface area contributed by atoms with Crippen LogP contribution in [0.5, 0.6) is 5.75 Å². The Morgan fingerprint density at radius 1 is 1.07 bits per heavy atom. The average molecular weight is 651 g/mol. The Morgan fingerprint density at radius 2 is 1.74 bits per heavy atom. The Kier molecular flexibility index (Phi) is 11.2. The van der Waals surface area contributed by atoms with Crippen LogP contribution >= 0.6 is 11.3 Å². The number of aryl methyl sites for hydroxylation is 2. The Morgan fingerprint density at radius 3 is 2.33 bits per heavy atom. The fraction of sp³-hybridized carbons (Fsp3) is 0.441. The zero-order chi connectivity index (χ0) is 33.6. The molecule has 2 aromatic carbocycles. The normalized spacial score (nSPS) is 17.7. The van der Waals surface area contributed by atoms with E-state index >= 15 is 0 Å². The molecule has 0 saturated carbocycles. The third kappa shape index (κ3) is 8.91. The fourth-order valence-corrected chi connectivity index (χ4v) is 6.18. The Labute approximate surface area is 273 Å². The third-order valence-corrected chi connectivity index (χ3v) is 8.96. The number of aromatic nitrogens is 1. The van der Waals surface area contributed by atoms with Gasteiger partial charge in [0.05, 0.1) is 28.2 Å². The molecule has 1 aliphatic rings. The highest BCUT2D eigenvalue weighted by molar-refractivity contribution is 7.13. The second kappa shape index (κ2) is 14.9. The lowest BCUT2D eigenvalue weighted by molar-refractivity contribution is -0.144. The molecule has 46 heavy (non-hydrogen) atoms. The first kappa shape index (κ1) is 34.6. The molecule has 4 rings (SSSR count). The van der Waals surface area contributed by atoms with Gasteiger partial charge in [0.1, 0.15) is 17.8 Å². The maximum atomic E-state index is 13.9. The summed E-state index contributed by atoms with van der Waals surface area (Å²) in [4.78, 5) is 57.8. The summed E-state index contributed by atoms with van der Waals surface area (Å²) in [7, 11) is 0. The third-order valence-electron chi connectivity index (χ3n) is 7.98. The van der Waals surface area contributed by atoms with Crippen LogP contribution in [0.2, 0.25) is 0 Å². The summed E-state index contributed by atoms with van der Waals surface area (Å²) < 4.78 is 5.60. The highest BCUT2D eigenvalue weighted by atomic mass is 32.1. The quantitative estimate of drug-likeness (QED) is 0.230. The lowest BCUT2D eigenvalue weighted by atomic mass is 9.85. The largest absolute Gasteiger partial charge is 0.484 e. The predicted octanol–water partition coefficient (Wildman–Crippen LogP) is 3.88. The molecular formula is C34H42N4O7S. The van der Waals surface area contributed by atoms with Crippen LogP contribution in [0.1, 0.15) is 63.4 Å². The summed E-state index contributed by atoms with van der Waals surface area (Å²) in [6, 6.07) is 12.4. The first-order valence-electron chi connectivity index (χ1n) is 15.2. The summed E-state index contributed by atoms with van der Waals surface area (Å²) in [5.74, 6) is -1.82. The van der Waals surface area contributed by atoms with Crippen LogP contribution in [0.3, 0.4) is 0 Å². The van der Waals surface area contributed by atoms with Gasteiger partial charge >= 0.3 is 5.97 Å². The number of β-amino-alcohol motifs (C(OH)–C–C–N with tert-alkyl or cyclic N) is 1. The summed E-state index contributed by atoms with van der Waals surface area (Å²) in [5.41, 5.74) is 4.83. The highest BCUT2D eigenvalue weighted by Gasteiger charge is 2.44. The van der Waals surface area contributed by atoms with Crippen molar-refractivity contribution in [3.8, 4) is 16.2 Å². The van der Waals surface area contributed by atoms with E-state index in [-0.39, 0.29) is 37.9 Å². The monoisotopic (exact) mass is 650 g/mol. The molecular weight excluding hydrogens is 608 g/mol. The molecule has 11 nitrogen and oxygen atoms in total. The van der Waals surface area contributed by atoms with Gasteiger partial charge in [-0.3, -0.25) is 19.2 Å². The number of aliphatic carboxylic acids is 1. The van der Waals surface area contributed by atoms with E-state index in [0.29, 0.717) is 12.2 Å². The van der Waals surface area contributed by atoms with Crippen LogP contribution in [-0.4, -0.2) is 75.1 Å². The summed E-state index contributed by atoms with van der Waals surface area (Å²) in [5, 5.41) is 25.1. The lowest BCUT2D eigenvalue weighted by Gasteiger charge is -2.35. The van der Waals surface area contributed by atoms with Crippen molar-refractivity contribution in [1.82, 2.24) is 20.5 Å². The van der Waals surface area contributed by atoms with E-state index in [0.717, 1.165) is 27.3 Å². The minimum absolute atomic E-state index is 0.0164. The molecule has 1 aliphatic heterocycles. The number of aliphatic hydroxyl groups excluding tert-OH is 1. The van der Waals surface area contributed by atoms with Gasteiger partial charge in [-0.25, -0.2) is 4.98 Å². The SMILES string of the molecule is Cc1ncsc1-c1ccc(C(C)NC(=O)[C@@H]2C[C@@H](O)CN2C(=O)C(NC(=O)COc2ccc(CCC(=O)O)cc2)C(C)(C)C)cc1. The molecule has 1 aromatic heterocycles. The van der Waals surface area contributed by atoms with Crippen molar-refractivity contribution in [2.75, 3.05) is 13.2 Å². The van der Waals surface area contributed by atoms with Crippen molar-refractivity contribution in [1.29, 1.82) is 0 Å². The molecule has 2 unspecified atom stereocenters. The number of carbonyl (C=O) groups is 4. The number of aliphatic hydroxyl groups is 1. The van der Waals surface area contributed by atoms with E-state index in [1.807, 2.05) is 64.4 Å². The van der Waals surface area contributed by atoms with Gasteiger partial charge in [0.25, 0.3) is 5.91 Å². The number of amides is 3. The molecule has 3 aromatic rings. The number of nitrogens with zero attached hydrogens (tertiary/aromatic N) is 2. The Bertz CT molecular complexity index is 1530. The number of hydrogen-bond donors (Lipinski definition) is 4. The standard InChI is InChI=1S/C34H42N4O7S/c1-20(23-9-11-24(12-10-23)30-21(2)35-19-46-30)36-32(43)27-16-25(39)17-38(27)33(44)31(34(3,4)5)37-28(40)18-45-26-13-6-22(7-14-26)8-15-29(41)42/h6-7,9-14,19-20,25,27,31,39H,8,15-18H2,1-5H3,(H,36,43)(H,37,40)(H,41,42)/t20?,25-,27+,31?/m1/s1. The van der Waals surface area contributed by atoms with E-state index in [4.69, 9.17) is 9.84 Å². The van der Waals surface area contributed by atoms with Gasteiger partial charge in [-0.2, -0.15) is 0 Å². The molecule has 3 amide bonds. The number of likely N-dealkylation sites (tertiary alicyclic amines) is 1. The molecule has 4 N–H and O–H groups in total. The van der Waals surface area contributed by atoms with E-state index in [1.54, 1.807) is 35.6 Å². The fourth-order valence-electron chi connectivity index (χ4n) is 5.37. The summed E-state index contributed by atoms with van der Waals surface area (Å²) in [6.45, 7) is 8.89. The van der Waals surface area contributed by atoms with Crippen molar-refractivity contribution < 1.29 is 34.1 Å². The number of ether oxygens (including phenoxy) is 1. The van der Waals surface area contributed by atoms with Crippen LogP contribution in [-0.2, 0) is 25.6 Å². The van der Waals surface area contributed by atoms with E-state index in [1.165, 1.54) is 4.90 Å². The molecule has 0 spiro atoms. The topological polar surface area (TPSA) is 158 Å². The van der Waals surface area contributed by atoms with Crippen molar-refractivity contribution in [2.45, 2.75) is 78.1 Å². The van der Waals surface area contributed by atoms with Gasteiger partial charge in [-0.05, 0) is 54.5 Å². The Hall–Kier alpha value is -4.29. The second-order valence-corrected chi connectivity index (χ2v) is 13.6. The number of nitrogens with one attached hydrogen (secondary N) is 2. The minimum Gasteiger partial charge on any atom is -0.484 e. The number of carbonyl (C=O) groups excluding carboxylic acids is 3. The maximum absolute atomic E-state index is 13.9. The number of benzene rings is 2. The zero-order valence-electron chi connectivity index (χ0n) is 26.8. The van der Waals surface area contributed by atoms with E-state index in [9.17, 15) is 24.3 Å². The van der Waals surface area contributed by atoms with Gasteiger partial charge in [-0.15, -0.1) is 11.3 Å².